The molecule has 13 heteroatoms. The zero-order chi connectivity index (χ0) is 30.4. The molecule has 2 aliphatic carbocycles. The molecule has 0 aromatic heterocycles. The highest BCUT2D eigenvalue weighted by atomic mass is 16.8. The Morgan fingerprint density at radius 3 is 2.30 bits per heavy atom. The number of carbonyl (C=O) groups excluding carboxylic acids is 2. The van der Waals surface area contributed by atoms with Crippen LogP contribution in [0.3, 0.4) is 0 Å². The zero-order valence-corrected chi connectivity index (χ0v) is 23.0. The maximum atomic E-state index is 13.9. The summed E-state index contributed by atoms with van der Waals surface area (Å²) in [6, 6.07) is 15.7. The summed E-state index contributed by atoms with van der Waals surface area (Å²) < 4.78 is 11.2. The highest BCUT2D eigenvalue weighted by molar-refractivity contribution is 6.22. The Bertz CT molecular complexity index is 1370. The van der Waals surface area contributed by atoms with E-state index in [0.29, 0.717) is 35.7 Å². The molecule has 0 spiro atoms. The van der Waals surface area contributed by atoms with Gasteiger partial charge in [-0.3, -0.25) is 9.59 Å². The van der Waals surface area contributed by atoms with Crippen LogP contribution in [0.15, 0.2) is 59.8 Å². The molecule has 11 atom stereocenters. The van der Waals surface area contributed by atoms with Gasteiger partial charge in [-0.2, -0.15) is 0 Å². The van der Waals surface area contributed by atoms with E-state index in [4.69, 9.17) is 14.3 Å². The van der Waals surface area contributed by atoms with E-state index in [-0.39, 0.29) is 6.42 Å². The van der Waals surface area contributed by atoms with Crippen LogP contribution in [0.2, 0.25) is 0 Å². The average molecular weight is 599 g/mol. The van der Waals surface area contributed by atoms with E-state index < -0.39 is 85.0 Å². The molecule has 4 aliphatic rings. The Labute approximate surface area is 246 Å². The highest BCUT2D eigenvalue weighted by Gasteiger charge is 2.60. The minimum atomic E-state index is -1.68. The molecule has 2 amide bonds. The van der Waals surface area contributed by atoms with Gasteiger partial charge in [0.1, 0.15) is 35.9 Å². The van der Waals surface area contributed by atoms with Gasteiger partial charge >= 0.3 is 0 Å². The Kier molecular flexibility index (Phi) is 8.22. The van der Waals surface area contributed by atoms with Gasteiger partial charge in [0.15, 0.2) is 0 Å². The third-order valence-electron chi connectivity index (χ3n) is 8.96. The van der Waals surface area contributed by atoms with Crippen molar-refractivity contribution in [3.05, 3.63) is 54.6 Å². The molecule has 13 nitrogen and oxygen atoms in total. The van der Waals surface area contributed by atoms with E-state index in [1.807, 2.05) is 18.2 Å². The predicted molar refractivity (Wildman–Crippen MR) is 148 cm³/mol. The Morgan fingerprint density at radius 1 is 0.837 bits per heavy atom. The van der Waals surface area contributed by atoms with E-state index in [0.717, 1.165) is 4.90 Å². The van der Waals surface area contributed by atoms with Crippen LogP contribution in [0, 0.1) is 23.7 Å². The number of aliphatic hydroxyl groups excluding tert-OH is 6. The van der Waals surface area contributed by atoms with Gasteiger partial charge in [-0.05, 0) is 37.1 Å². The number of amides is 2. The first-order chi connectivity index (χ1) is 20.7. The fourth-order valence-electron chi connectivity index (χ4n) is 6.81. The number of benzene rings is 2. The third kappa shape index (κ3) is 5.31. The van der Waals surface area contributed by atoms with Crippen molar-refractivity contribution in [2.24, 2.45) is 28.8 Å². The molecule has 2 aromatic rings. The van der Waals surface area contributed by atoms with Gasteiger partial charge < -0.3 is 45.0 Å². The first-order valence-electron chi connectivity index (χ1n) is 14.3. The molecule has 0 unspecified atom stereocenters. The minimum Gasteiger partial charge on any atom is -0.457 e. The summed E-state index contributed by atoms with van der Waals surface area (Å²) in [5.41, 5.74) is 0.634. The standard InChI is InChI=1S/C30H34N2O11/c33-13-21-25(36)26(37)27(38)30(42-21)43-31-19-12-20(34)24(35)22-17(19)9-10-18-23(22)29(40)32(28(18)39)14-5-4-8-16(11-14)41-15-6-2-1-3-7-15/h1-8,11,17-18,20-27,30,33-38H,9-10,12-13H2/b31-19+/t17-,18-,20-,21-,22+,23-,24-,25-,26+,27-,30+/m1/s1. The van der Waals surface area contributed by atoms with Gasteiger partial charge in [-0.1, -0.05) is 29.4 Å². The molecular weight excluding hydrogens is 564 g/mol. The van der Waals surface area contributed by atoms with E-state index in [9.17, 15) is 40.2 Å². The van der Waals surface area contributed by atoms with Crippen LogP contribution in [0.5, 0.6) is 11.5 Å². The molecule has 2 aromatic carbocycles. The van der Waals surface area contributed by atoms with Gasteiger partial charge in [0.2, 0.25) is 11.8 Å². The summed E-state index contributed by atoms with van der Waals surface area (Å²) >= 11 is 0. The molecule has 230 valence electrons. The summed E-state index contributed by atoms with van der Waals surface area (Å²) in [4.78, 5) is 34.0. The van der Waals surface area contributed by atoms with Gasteiger partial charge in [-0.25, -0.2) is 4.90 Å². The summed E-state index contributed by atoms with van der Waals surface area (Å²) in [6.07, 6.45) is -9.66. The minimum absolute atomic E-state index is 0.0954. The largest absolute Gasteiger partial charge is 0.457 e. The highest BCUT2D eigenvalue weighted by Crippen LogP contribution is 2.50. The molecule has 2 saturated carbocycles. The van der Waals surface area contributed by atoms with Crippen LogP contribution in [0.1, 0.15) is 19.3 Å². The number of para-hydroxylation sites is 1. The lowest BCUT2D eigenvalue weighted by molar-refractivity contribution is -0.301. The van der Waals surface area contributed by atoms with Crippen molar-refractivity contribution in [3.63, 3.8) is 0 Å². The van der Waals surface area contributed by atoms with Crippen molar-refractivity contribution in [2.45, 2.75) is 62.2 Å². The van der Waals surface area contributed by atoms with Crippen molar-refractivity contribution >= 4 is 23.2 Å². The van der Waals surface area contributed by atoms with E-state index >= 15 is 0 Å². The van der Waals surface area contributed by atoms with E-state index in [2.05, 4.69) is 5.16 Å². The Morgan fingerprint density at radius 2 is 1.56 bits per heavy atom. The maximum absolute atomic E-state index is 13.9. The lowest BCUT2D eigenvalue weighted by atomic mass is 9.60. The van der Waals surface area contributed by atoms with Crippen molar-refractivity contribution < 1.29 is 54.5 Å². The quantitative estimate of drug-likeness (QED) is 0.192. The van der Waals surface area contributed by atoms with Crippen molar-refractivity contribution in [1.82, 2.24) is 0 Å². The molecule has 43 heavy (non-hydrogen) atoms. The Balaban J connectivity index is 1.24. The molecule has 6 N–H and O–H groups in total. The second-order valence-corrected chi connectivity index (χ2v) is 11.5. The van der Waals surface area contributed by atoms with Crippen LogP contribution in [0.4, 0.5) is 5.69 Å². The van der Waals surface area contributed by atoms with Gasteiger partial charge in [0.25, 0.3) is 6.29 Å². The number of rotatable bonds is 6. The van der Waals surface area contributed by atoms with Crippen LogP contribution < -0.4 is 9.64 Å². The van der Waals surface area contributed by atoms with Crippen LogP contribution >= 0.6 is 0 Å². The van der Waals surface area contributed by atoms with Crippen LogP contribution in [-0.2, 0) is 19.2 Å². The molecule has 2 saturated heterocycles. The predicted octanol–water partition coefficient (Wildman–Crippen LogP) is -0.0913. The third-order valence-corrected chi connectivity index (χ3v) is 8.96. The monoisotopic (exact) mass is 598 g/mol. The molecular formula is C30H34N2O11. The van der Waals surface area contributed by atoms with Crippen molar-refractivity contribution in [3.8, 4) is 11.5 Å². The zero-order valence-electron chi connectivity index (χ0n) is 23.0. The summed E-state index contributed by atoms with van der Waals surface area (Å²) in [6.45, 7) is -0.645. The number of oxime groups is 1. The molecule has 6 rings (SSSR count). The number of anilines is 1. The smallest absolute Gasteiger partial charge is 0.256 e. The SMILES string of the molecule is O=C1[C@H]2[C@H]3[C@H](O)[C@H](O)C/C(=N\O[C@@H]4O[C@H](CO)[C@@H](O)[C@H](O)[C@H]4O)[C@H]3CC[C@H]2C(=O)N1c1cccc(Oc2ccccc2)c1. The van der Waals surface area contributed by atoms with Gasteiger partial charge in [-0.15, -0.1) is 0 Å². The fourth-order valence-corrected chi connectivity index (χ4v) is 6.81. The number of carbonyl (C=O) groups is 2. The van der Waals surface area contributed by atoms with Crippen molar-refractivity contribution in [2.75, 3.05) is 11.5 Å². The average Bonchev–Trinajstić information content (AvgIpc) is 3.27. The second kappa shape index (κ2) is 11.9. The lowest BCUT2D eigenvalue weighted by Gasteiger charge is -2.45. The molecule has 0 bridgehead atoms. The van der Waals surface area contributed by atoms with Gasteiger partial charge in [0.05, 0.1) is 42.0 Å². The molecule has 2 aliphatic heterocycles. The molecule has 4 fully saturated rings. The number of ether oxygens (including phenoxy) is 2. The fraction of sp³-hybridized carbons (Fsp3) is 0.500. The maximum Gasteiger partial charge on any atom is 0.256 e. The number of hydrogen-bond acceptors (Lipinski definition) is 12. The lowest BCUT2D eigenvalue weighted by Crippen LogP contribution is -2.59. The van der Waals surface area contributed by atoms with Crippen LogP contribution in [-0.4, -0.2) is 97.7 Å². The second-order valence-electron chi connectivity index (χ2n) is 11.5. The number of nitrogens with zero attached hydrogens (tertiary/aromatic N) is 2. The van der Waals surface area contributed by atoms with E-state index in [1.165, 1.54) is 0 Å². The number of fused-ring (bicyclic) bond motifs is 3. The van der Waals surface area contributed by atoms with E-state index in [1.54, 1.807) is 36.4 Å². The molecule has 2 heterocycles. The normalized spacial score (nSPS) is 38.5. The van der Waals surface area contributed by atoms with Crippen molar-refractivity contribution in [1.29, 1.82) is 0 Å². The first kappa shape index (κ1) is 29.6. The summed E-state index contributed by atoms with van der Waals surface area (Å²) in [7, 11) is 0. The number of hydrogen-bond donors (Lipinski definition) is 6. The first-order valence-corrected chi connectivity index (χ1v) is 14.3. The summed E-state index contributed by atoms with van der Waals surface area (Å²) in [5.74, 6) is -2.87. The topological polar surface area (TPSA) is 199 Å². The molecule has 0 radical (unpaired) electrons. The van der Waals surface area contributed by atoms with Gasteiger partial charge in [0, 0.05) is 24.3 Å². The van der Waals surface area contributed by atoms with Crippen LogP contribution in [0.25, 0.3) is 0 Å². The Hall–Kier alpha value is -3.43. The summed E-state index contributed by atoms with van der Waals surface area (Å²) in [5, 5.41) is 65.8. The number of imide groups is 1. The number of aliphatic hydroxyl groups is 6.